The number of carboxylic acids is 1. The number of amides is 2. The normalized spacial score (nSPS) is 24.9. The standard InChI is InChI=1S/C18H16N2O4S2/c1-9-8-25-17-14(16(22)20(17)15(9)18(23)24)19-13(21)7-11-6-10-4-2-3-5-12(10)26-11/h2-6,14-15,17H,1,7-8H2,(H,19,21)(H,23,24)/t14?,15?,17-/m0/s1. The molecule has 6 nitrogen and oxygen atoms in total. The molecule has 2 saturated heterocycles. The fourth-order valence-corrected chi connectivity index (χ4v) is 5.71. The van der Waals surface area contributed by atoms with E-state index >= 15 is 0 Å². The minimum absolute atomic E-state index is 0.204. The predicted octanol–water partition coefficient (Wildman–Crippen LogP) is 1.85. The van der Waals surface area contributed by atoms with Crippen LogP contribution in [0.1, 0.15) is 4.88 Å². The van der Waals surface area contributed by atoms with Gasteiger partial charge in [0.1, 0.15) is 11.4 Å². The second kappa shape index (κ2) is 6.44. The molecular weight excluding hydrogens is 372 g/mol. The number of β-lactam (4-membered cyclic amide) rings is 1. The molecule has 1 aromatic carbocycles. The van der Waals surface area contributed by atoms with Crippen LogP contribution in [0.3, 0.4) is 0 Å². The third-order valence-corrected chi connectivity index (χ3v) is 7.04. The minimum atomic E-state index is -1.08. The highest BCUT2D eigenvalue weighted by Crippen LogP contribution is 2.40. The maximum absolute atomic E-state index is 12.4. The van der Waals surface area contributed by atoms with Gasteiger partial charge in [-0.25, -0.2) is 4.79 Å². The molecule has 0 saturated carbocycles. The Bertz CT molecular complexity index is 905. The van der Waals surface area contributed by atoms with E-state index in [9.17, 15) is 19.5 Å². The highest BCUT2D eigenvalue weighted by molar-refractivity contribution is 8.00. The van der Waals surface area contributed by atoms with Gasteiger partial charge in [-0.05, 0) is 23.1 Å². The molecule has 0 spiro atoms. The number of carbonyl (C=O) groups excluding carboxylic acids is 2. The van der Waals surface area contributed by atoms with Gasteiger partial charge in [0, 0.05) is 15.3 Å². The number of rotatable bonds is 4. The summed E-state index contributed by atoms with van der Waals surface area (Å²) in [5, 5.41) is 12.8. The van der Waals surface area contributed by atoms with Crippen molar-refractivity contribution in [3.05, 3.63) is 47.4 Å². The van der Waals surface area contributed by atoms with Crippen molar-refractivity contribution < 1.29 is 19.5 Å². The van der Waals surface area contributed by atoms with Gasteiger partial charge in [-0.1, -0.05) is 24.8 Å². The summed E-state index contributed by atoms with van der Waals surface area (Å²) in [5.74, 6) is -1.20. The van der Waals surface area contributed by atoms with Crippen LogP contribution in [-0.2, 0) is 20.8 Å². The van der Waals surface area contributed by atoms with Crippen LogP contribution in [0.25, 0.3) is 10.1 Å². The van der Waals surface area contributed by atoms with Gasteiger partial charge in [0.15, 0.2) is 6.04 Å². The first-order chi connectivity index (χ1) is 12.5. The van der Waals surface area contributed by atoms with Gasteiger partial charge in [-0.15, -0.1) is 23.1 Å². The van der Waals surface area contributed by atoms with Crippen molar-refractivity contribution in [3.63, 3.8) is 0 Å². The largest absolute Gasteiger partial charge is 0.479 e. The lowest BCUT2D eigenvalue weighted by atomic mass is 9.98. The molecule has 2 aliphatic heterocycles. The van der Waals surface area contributed by atoms with E-state index < -0.39 is 18.1 Å². The maximum atomic E-state index is 12.4. The molecule has 2 fully saturated rings. The first kappa shape index (κ1) is 17.1. The van der Waals surface area contributed by atoms with E-state index in [1.165, 1.54) is 16.7 Å². The smallest absolute Gasteiger partial charge is 0.330 e. The Hall–Kier alpha value is -2.32. The van der Waals surface area contributed by atoms with Crippen molar-refractivity contribution in [2.75, 3.05) is 5.75 Å². The monoisotopic (exact) mass is 388 g/mol. The minimum Gasteiger partial charge on any atom is -0.479 e. The van der Waals surface area contributed by atoms with E-state index in [2.05, 4.69) is 11.9 Å². The molecule has 2 unspecified atom stereocenters. The first-order valence-corrected chi connectivity index (χ1v) is 9.93. The number of benzene rings is 1. The van der Waals surface area contributed by atoms with Gasteiger partial charge in [0.25, 0.3) is 0 Å². The fraction of sp³-hybridized carbons (Fsp3) is 0.278. The summed E-state index contributed by atoms with van der Waals surface area (Å²) in [5.41, 5.74) is 0.502. The van der Waals surface area contributed by atoms with E-state index in [0.717, 1.165) is 15.0 Å². The molecule has 134 valence electrons. The SMILES string of the molecule is C=C1CS[C@H]2C(NC(=O)Cc3cc4ccccc4s3)C(=O)N2C1C(=O)O. The van der Waals surface area contributed by atoms with Crippen molar-refractivity contribution >= 4 is 51.0 Å². The molecule has 0 aliphatic carbocycles. The average molecular weight is 388 g/mol. The summed E-state index contributed by atoms with van der Waals surface area (Å²) in [6.45, 7) is 3.75. The fourth-order valence-electron chi connectivity index (χ4n) is 3.34. The number of aliphatic carboxylic acids is 1. The lowest BCUT2D eigenvalue weighted by molar-refractivity contribution is -0.160. The summed E-state index contributed by atoms with van der Waals surface area (Å²) in [4.78, 5) is 38.4. The highest BCUT2D eigenvalue weighted by Gasteiger charge is 2.56. The van der Waals surface area contributed by atoms with Gasteiger partial charge in [-0.2, -0.15) is 0 Å². The van der Waals surface area contributed by atoms with Crippen molar-refractivity contribution in [1.82, 2.24) is 10.2 Å². The van der Waals surface area contributed by atoms with Crippen LogP contribution in [-0.4, -0.2) is 51.0 Å². The molecule has 0 bridgehead atoms. The van der Waals surface area contributed by atoms with Crippen LogP contribution in [0.4, 0.5) is 0 Å². The van der Waals surface area contributed by atoms with E-state index in [0.29, 0.717) is 11.3 Å². The van der Waals surface area contributed by atoms with Crippen molar-refractivity contribution in [3.8, 4) is 0 Å². The van der Waals surface area contributed by atoms with E-state index in [1.54, 1.807) is 11.3 Å². The van der Waals surface area contributed by atoms with E-state index in [1.807, 2.05) is 30.3 Å². The number of thiophene rings is 1. The van der Waals surface area contributed by atoms with Crippen LogP contribution < -0.4 is 5.32 Å². The van der Waals surface area contributed by atoms with Gasteiger partial charge < -0.3 is 15.3 Å². The van der Waals surface area contributed by atoms with E-state index in [-0.39, 0.29) is 23.6 Å². The molecule has 2 amide bonds. The zero-order valence-corrected chi connectivity index (χ0v) is 15.3. The Morgan fingerprint density at radius 1 is 1.35 bits per heavy atom. The molecule has 2 aromatic rings. The third kappa shape index (κ3) is 2.79. The van der Waals surface area contributed by atoms with Crippen LogP contribution in [0.2, 0.25) is 0 Å². The van der Waals surface area contributed by atoms with Crippen molar-refractivity contribution in [1.29, 1.82) is 0 Å². The number of fused-ring (bicyclic) bond motifs is 2. The Balaban J connectivity index is 1.43. The number of nitrogens with zero attached hydrogens (tertiary/aromatic N) is 1. The van der Waals surface area contributed by atoms with Crippen LogP contribution in [0.5, 0.6) is 0 Å². The molecule has 0 radical (unpaired) electrons. The zero-order valence-electron chi connectivity index (χ0n) is 13.7. The molecule has 26 heavy (non-hydrogen) atoms. The van der Waals surface area contributed by atoms with E-state index in [4.69, 9.17) is 0 Å². The number of nitrogens with one attached hydrogen (secondary N) is 1. The zero-order chi connectivity index (χ0) is 18.4. The highest BCUT2D eigenvalue weighted by atomic mass is 32.2. The second-order valence-corrected chi connectivity index (χ2v) is 8.59. The summed E-state index contributed by atoms with van der Waals surface area (Å²) >= 11 is 2.99. The van der Waals surface area contributed by atoms with Gasteiger partial charge in [0.05, 0.1) is 6.42 Å². The average Bonchev–Trinajstić information content (AvgIpc) is 3.01. The third-order valence-electron chi connectivity index (χ3n) is 4.55. The van der Waals surface area contributed by atoms with Crippen LogP contribution in [0, 0.1) is 0 Å². The summed E-state index contributed by atoms with van der Waals surface area (Å²) in [7, 11) is 0. The Morgan fingerprint density at radius 3 is 2.85 bits per heavy atom. The molecule has 2 aliphatic rings. The summed E-state index contributed by atoms with van der Waals surface area (Å²) in [6, 6.07) is 8.23. The molecule has 2 N–H and O–H groups in total. The lowest BCUT2D eigenvalue weighted by Gasteiger charge is -2.52. The van der Waals surface area contributed by atoms with Crippen LogP contribution >= 0.6 is 23.1 Å². The van der Waals surface area contributed by atoms with Crippen molar-refractivity contribution in [2.45, 2.75) is 23.9 Å². The molecule has 8 heteroatoms. The second-order valence-electron chi connectivity index (χ2n) is 6.32. The molecular formula is C18H16N2O4S2. The summed E-state index contributed by atoms with van der Waals surface area (Å²) in [6.07, 6.45) is 0.204. The van der Waals surface area contributed by atoms with Gasteiger partial charge in [-0.3, -0.25) is 9.59 Å². The maximum Gasteiger partial charge on any atom is 0.330 e. The number of carbonyl (C=O) groups is 3. The molecule has 3 heterocycles. The van der Waals surface area contributed by atoms with Gasteiger partial charge in [0.2, 0.25) is 11.8 Å². The summed E-state index contributed by atoms with van der Waals surface area (Å²) < 4.78 is 1.12. The Kier molecular flexibility index (Phi) is 4.24. The molecule has 1 aromatic heterocycles. The first-order valence-electron chi connectivity index (χ1n) is 8.07. The van der Waals surface area contributed by atoms with Crippen molar-refractivity contribution in [2.24, 2.45) is 0 Å². The Labute approximate surface area is 157 Å². The predicted molar refractivity (Wildman–Crippen MR) is 101 cm³/mol. The lowest BCUT2D eigenvalue weighted by Crippen LogP contribution is -2.74. The molecule has 3 atom stereocenters. The van der Waals surface area contributed by atoms with Crippen LogP contribution in [0.15, 0.2) is 42.5 Å². The van der Waals surface area contributed by atoms with Gasteiger partial charge >= 0.3 is 5.97 Å². The number of thioether (sulfide) groups is 1. The Morgan fingerprint density at radius 2 is 2.12 bits per heavy atom. The number of carboxylic acid groups (broad SMARTS) is 1. The number of hydrogen-bond acceptors (Lipinski definition) is 5. The topological polar surface area (TPSA) is 86.7 Å². The quantitative estimate of drug-likeness (QED) is 0.617. The number of hydrogen-bond donors (Lipinski definition) is 2. The molecule has 4 rings (SSSR count).